The van der Waals surface area contributed by atoms with Crippen molar-refractivity contribution in [3.05, 3.63) is 47.2 Å². The highest BCUT2D eigenvalue weighted by Gasteiger charge is 2.22. The number of rotatable bonds is 3. The standard InChI is InChI=1S/C15H19N3O2.C5H10O.C3H7NO/c1-15(2,20)11-8-18-14(17)10(11)7-12(16)9-5-3-4-6-13(9)19;1-2-4-6-5-3-1;1-3(5)4-2/h3-8,18-20H,16-17H2,1-2H3;1-5H2;1-2H3,(H,4,5)/b12-7-;;. The molecule has 8 heteroatoms. The van der Waals surface area contributed by atoms with Crippen molar-refractivity contribution >= 4 is 23.5 Å². The molecule has 8 nitrogen and oxygen atoms in total. The summed E-state index contributed by atoms with van der Waals surface area (Å²) in [6, 6.07) is 6.79. The molecule has 172 valence electrons. The van der Waals surface area contributed by atoms with Crippen molar-refractivity contribution in [2.75, 3.05) is 26.0 Å². The lowest BCUT2D eigenvalue weighted by Crippen LogP contribution is -2.16. The molecule has 1 amide bonds. The van der Waals surface area contributed by atoms with Crippen LogP contribution in [0.3, 0.4) is 0 Å². The number of amides is 1. The molecule has 0 radical (unpaired) electrons. The highest BCUT2D eigenvalue weighted by Crippen LogP contribution is 2.31. The number of aromatic hydroxyl groups is 1. The Kier molecular flexibility index (Phi) is 10.6. The summed E-state index contributed by atoms with van der Waals surface area (Å²) < 4.78 is 5.07. The number of hydrogen-bond acceptors (Lipinski definition) is 6. The molecule has 0 unspecified atom stereocenters. The molecule has 1 aromatic carbocycles. The molecule has 1 fully saturated rings. The lowest BCUT2D eigenvalue weighted by molar-refractivity contribution is -0.118. The zero-order chi connectivity index (χ0) is 23.4. The molecular weight excluding hydrogens is 396 g/mol. The van der Waals surface area contributed by atoms with Crippen LogP contribution in [0.1, 0.15) is 56.7 Å². The minimum Gasteiger partial charge on any atom is -0.507 e. The van der Waals surface area contributed by atoms with E-state index in [2.05, 4.69) is 10.3 Å². The number of benzene rings is 1. The molecule has 8 N–H and O–H groups in total. The van der Waals surface area contributed by atoms with Gasteiger partial charge in [0.25, 0.3) is 0 Å². The Morgan fingerprint density at radius 2 is 1.81 bits per heavy atom. The SMILES string of the molecule is C1CCOCC1.CC(C)(O)c1c[nH]c(N)c1/C=C(\N)c1ccccc1O.CNC(C)=O. The Balaban J connectivity index is 0.000000357. The molecule has 0 bridgehead atoms. The second-order valence-corrected chi connectivity index (χ2v) is 7.68. The van der Waals surface area contributed by atoms with Gasteiger partial charge in [0.2, 0.25) is 5.91 Å². The first-order chi connectivity index (χ1) is 14.6. The number of phenolic OH excluding ortho intramolecular Hbond substituents is 1. The van der Waals surface area contributed by atoms with Gasteiger partial charge in [0.15, 0.2) is 0 Å². The highest BCUT2D eigenvalue weighted by atomic mass is 16.5. The molecular formula is C23H36N4O4. The van der Waals surface area contributed by atoms with Crippen LogP contribution in [-0.2, 0) is 15.1 Å². The fourth-order valence-corrected chi connectivity index (χ4v) is 2.75. The maximum absolute atomic E-state index is 10.1. The highest BCUT2D eigenvalue weighted by molar-refractivity contribution is 5.85. The third kappa shape index (κ3) is 9.15. The van der Waals surface area contributed by atoms with Crippen LogP contribution >= 0.6 is 0 Å². The molecule has 2 aromatic rings. The maximum atomic E-state index is 10.1. The second-order valence-electron chi connectivity index (χ2n) is 7.68. The predicted octanol–water partition coefficient (Wildman–Crippen LogP) is 2.93. The number of nitrogen functional groups attached to an aromatic ring is 1. The van der Waals surface area contributed by atoms with Gasteiger partial charge in [0.1, 0.15) is 11.6 Å². The van der Waals surface area contributed by atoms with Crippen LogP contribution in [0.15, 0.2) is 30.5 Å². The lowest BCUT2D eigenvalue weighted by Gasteiger charge is -2.17. The van der Waals surface area contributed by atoms with Crippen LogP contribution in [0.2, 0.25) is 0 Å². The van der Waals surface area contributed by atoms with Gasteiger partial charge in [-0.1, -0.05) is 12.1 Å². The summed E-state index contributed by atoms with van der Waals surface area (Å²) in [5.41, 5.74) is 13.0. The van der Waals surface area contributed by atoms with Crippen LogP contribution in [0.4, 0.5) is 5.82 Å². The minimum absolute atomic E-state index is 0.00463. The van der Waals surface area contributed by atoms with E-state index in [1.54, 1.807) is 57.4 Å². The monoisotopic (exact) mass is 432 g/mol. The van der Waals surface area contributed by atoms with Gasteiger partial charge in [-0.05, 0) is 51.3 Å². The number of phenols is 1. The van der Waals surface area contributed by atoms with Gasteiger partial charge < -0.3 is 36.7 Å². The summed E-state index contributed by atoms with van der Waals surface area (Å²) in [4.78, 5) is 12.6. The molecule has 0 atom stereocenters. The molecule has 2 heterocycles. The first-order valence-electron chi connectivity index (χ1n) is 10.3. The van der Waals surface area contributed by atoms with Crippen molar-refractivity contribution in [2.24, 2.45) is 5.73 Å². The molecule has 3 rings (SSSR count). The summed E-state index contributed by atoms with van der Waals surface area (Å²) in [5, 5.41) is 22.3. The fourth-order valence-electron chi connectivity index (χ4n) is 2.75. The Morgan fingerprint density at radius 1 is 1.23 bits per heavy atom. The number of para-hydroxylation sites is 1. The topological polar surface area (TPSA) is 147 Å². The Labute approximate surface area is 184 Å². The van der Waals surface area contributed by atoms with E-state index >= 15 is 0 Å². The summed E-state index contributed by atoms with van der Waals surface area (Å²) in [6.45, 7) is 6.81. The van der Waals surface area contributed by atoms with Crippen LogP contribution in [0.25, 0.3) is 11.8 Å². The normalized spacial score (nSPS) is 13.9. The van der Waals surface area contributed by atoms with Crippen molar-refractivity contribution in [1.82, 2.24) is 10.3 Å². The van der Waals surface area contributed by atoms with Crippen LogP contribution in [-0.4, -0.2) is 41.4 Å². The van der Waals surface area contributed by atoms with E-state index in [1.807, 2.05) is 0 Å². The zero-order valence-electron chi connectivity index (χ0n) is 18.9. The van der Waals surface area contributed by atoms with Gasteiger partial charge in [-0.15, -0.1) is 0 Å². The maximum Gasteiger partial charge on any atom is 0.216 e. The number of carbonyl (C=O) groups excluding carboxylic acids is 1. The summed E-state index contributed by atoms with van der Waals surface area (Å²) >= 11 is 0. The van der Waals surface area contributed by atoms with E-state index in [1.165, 1.54) is 26.2 Å². The van der Waals surface area contributed by atoms with E-state index < -0.39 is 5.60 Å². The number of ether oxygens (including phenoxy) is 1. The predicted molar refractivity (Wildman–Crippen MR) is 125 cm³/mol. The molecule has 0 spiro atoms. The number of H-pyrrole nitrogens is 1. The molecule has 0 saturated carbocycles. The number of aliphatic hydroxyl groups is 1. The van der Waals surface area contributed by atoms with E-state index in [0.717, 1.165) is 13.2 Å². The number of hydrogen-bond donors (Lipinski definition) is 6. The second kappa shape index (κ2) is 12.7. The quantitative estimate of drug-likeness (QED) is 0.439. The first-order valence-corrected chi connectivity index (χ1v) is 10.3. The van der Waals surface area contributed by atoms with Crippen molar-refractivity contribution in [3.63, 3.8) is 0 Å². The molecule has 31 heavy (non-hydrogen) atoms. The summed E-state index contributed by atoms with van der Waals surface area (Å²) in [5.74, 6) is 0.519. The van der Waals surface area contributed by atoms with Crippen molar-refractivity contribution in [3.8, 4) is 5.75 Å². The average Bonchev–Trinajstić information content (AvgIpc) is 3.11. The number of nitrogens with two attached hydrogens (primary N) is 2. The van der Waals surface area contributed by atoms with Crippen LogP contribution in [0.5, 0.6) is 5.75 Å². The van der Waals surface area contributed by atoms with Gasteiger partial charge in [-0.2, -0.15) is 0 Å². The van der Waals surface area contributed by atoms with Gasteiger partial charge in [0.05, 0.1) is 5.60 Å². The minimum atomic E-state index is -1.04. The number of anilines is 1. The average molecular weight is 433 g/mol. The molecule has 1 saturated heterocycles. The van der Waals surface area contributed by atoms with Gasteiger partial charge >= 0.3 is 0 Å². The third-order valence-corrected chi connectivity index (χ3v) is 4.56. The van der Waals surface area contributed by atoms with Gasteiger partial charge in [-0.25, -0.2) is 0 Å². The van der Waals surface area contributed by atoms with Crippen molar-refractivity contribution in [1.29, 1.82) is 0 Å². The van der Waals surface area contributed by atoms with Gasteiger partial charge in [0, 0.05) is 55.8 Å². The molecule has 1 aromatic heterocycles. The Bertz CT molecular complexity index is 838. The first kappa shape index (κ1) is 26.1. The van der Waals surface area contributed by atoms with E-state index in [0.29, 0.717) is 28.2 Å². The summed E-state index contributed by atoms with van der Waals surface area (Å²) in [6.07, 6.45) is 7.23. The van der Waals surface area contributed by atoms with Crippen LogP contribution in [0, 0.1) is 0 Å². The third-order valence-electron chi connectivity index (χ3n) is 4.56. The number of nitrogens with one attached hydrogen (secondary N) is 2. The lowest BCUT2D eigenvalue weighted by atomic mass is 9.96. The summed E-state index contributed by atoms with van der Waals surface area (Å²) in [7, 11) is 1.60. The Hall–Kier alpha value is -2.97. The largest absolute Gasteiger partial charge is 0.507 e. The van der Waals surface area contributed by atoms with Gasteiger partial charge in [-0.3, -0.25) is 4.79 Å². The zero-order valence-corrected chi connectivity index (χ0v) is 18.9. The van der Waals surface area contributed by atoms with Crippen molar-refractivity contribution < 1.29 is 19.7 Å². The van der Waals surface area contributed by atoms with E-state index in [4.69, 9.17) is 16.2 Å². The molecule has 0 aliphatic carbocycles. The van der Waals surface area contributed by atoms with Crippen molar-refractivity contribution in [2.45, 2.75) is 45.6 Å². The van der Waals surface area contributed by atoms with E-state index in [9.17, 15) is 15.0 Å². The number of aromatic nitrogens is 1. The Morgan fingerprint density at radius 3 is 2.23 bits per heavy atom. The van der Waals surface area contributed by atoms with Crippen LogP contribution < -0.4 is 16.8 Å². The molecule has 1 aliphatic rings. The van der Waals surface area contributed by atoms with E-state index in [-0.39, 0.29) is 11.7 Å². The molecule has 1 aliphatic heterocycles. The number of aromatic amines is 1. The fraction of sp³-hybridized carbons (Fsp3) is 0.435. The smallest absolute Gasteiger partial charge is 0.216 e. The number of carbonyl (C=O) groups is 1.